The molecule has 0 spiro atoms. The number of nitrogens with one attached hydrogen (secondary N) is 1. The third-order valence-electron chi connectivity index (χ3n) is 3.04. The fraction of sp³-hybridized carbons (Fsp3) is 0.462. The van der Waals surface area contributed by atoms with E-state index in [0.717, 1.165) is 22.9 Å². The average molecular weight is 301 g/mol. The van der Waals surface area contributed by atoms with Crippen molar-refractivity contribution in [2.75, 3.05) is 25.8 Å². The number of benzene rings is 1. The minimum atomic E-state index is -0.0832. The first-order valence-electron chi connectivity index (χ1n) is 6.00. The summed E-state index contributed by atoms with van der Waals surface area (Å²) in [4.78, 5) is 13.9. The van der Waals surface area contributed by atoms with E-state index in [4.69, 9.17) is 16.3 Å². The lowest BCUT2D eigenvalue weighted by Crippen LogP contribution is -2.42. The van der Waals surface area contributed by atoms with Gasteiger partial charge in [-0.2, -0.15) is 0 Å². The van der Waals surface area contributed by atoms with Gasteiger partial charge in [-0.1, -0.05) is 11.6 Å². The maximum atomic E-state index is 12.2. The van der Waals surface area contributed by atoms with Crippen LogP contribution in [-0.2, 0) is 11.3 Å². The molecule has 1 heterocycles. The van der Waals surface area contributed by atoms with Crippen molar-refractivity contribution in [2.45, 2.75) is 12.6 Å². The van der Waals surface area contributed by atoms with Gasteiger partial charge >= 0.3 is 0 Å². The van der Waals surface area contributed by atoms with Crippen LogP contribution in [0, 0.1) is 0 Å². The molecule has 1 aliphatic rings. The molecule has 1 atom stereocenters. The number of halogens is 1. The first-order valence-corrected chi connectivity index (χ1v) is 7.53. The van der Waals surface area contributed by atoms with Crippen LogP contribution in [-0.4, -0.2) is 42.6 Å². The number of thioether (sulfide) groups is 1. The summed E-state index contributed by atoms with van der Waals surface area (Å²) in [5.41, 5.74) is 0.913. The molecule has 0 aromatic heterocycles. The van der Waals surface area contributed by atoms with Crippen molar-refractivity contribution < 1.29 is 9.53 Å². The van der Waals surface area contributed by atoms with Crippen LogP contribution < -0.4 is 10.1 Å². The Bertz CT molecular complexity index is 464. The van der Waals surface area contributed by atoms with Crippen molar-refractivity contribution in [2.24, 2.45) is 0 Å². The van der Waals surface area contributed by atoms with Gasteiger partial charge < -0.3 is 9.64 Å². The summed E-state index contributed by atoms with van der Waals surface area (Å²) in [6, 6.07) is 5.35. The van der Waals surface area contributed by atoms with Crippen LogP contribution in [0.25, 0.3) is 0 Å². The monoisotopic (exact) mass is 300 g/mol. The van der Waals surface area contributed by atoms with Gasteiger partial charge in [0.25, 0.3) is 0 Å². The maximum absolute atomic E-state index is 12.2. The standard InChI is InChI=1S/C13H17ClN2O2S/c1-16(13(17)11-7-19-8-15-11)6-9-5-10(14)3-4-12(9)18-2/h3-5,11,15H,6-8H2,1-2H3/t11-/m1/s1. The highest BCUT2D eigenvalue weighted by Crippen LogP contribution is 2.24. The van der Waals surface area contributed by atoms with Gasteiger partial charge in [-0.15, -0.1) is 11.8 Å². The van der Waals surface area contributed by atoms with Crippen LogP contribution in [0.15, 0.2) is 18.2 Å². The Kier molecular flexibility index (Phi) is 4.96. The van der Waals surface area contributed by atoms with Gasteiger partial charge in [0.05, 0.1) is 13.2 Å². The summed E-state index contributed by atoms with van der Waals surface area (Å²) in [6.07, 6.45) is 0. The Balaban J connectivity index is 2.07. The van der Waals surface area contributed by atoms with E-state index in [1.54, 1.807) is 36.9 Å². The van der Waals surface area contributed by atoms with Crippen LogP contribution in [0.2, 0.25) is 5.02 Å². The van der Waals surface area contributed by atoms with Crippen molar-refractivity contribution in [3.63, 3.8) is 0 Å². The van der Waals surface area contributed by atoms with Gasteiger partial charge in [0, 0.05) is 35.8 Å². The molecule has 1 aliphatic heterocycles. The van der Waals surface area contributed by atoms with Crippen molar-refractivity contribution in [3.8, 4) is 5.75 Å². The number of carbonyl (C=O) groups excluding carboxylic acids is 1. The Morgan fingerprint density at radius 1 is 1.63 bits per heavy atom. The zero-order valence-electron chi connectivity index (χ0n) is 11.0. The first-order chi connectivity index (χ1) is 9.11. The number of nitrogens with zero attached hydrogens (tertiary/aromatic N) is 1. The largest absolute Gasteiger partial charge is 0.496 e. The average Bonchev–Trinajstić information content (AvgIpc) is 2.92. The number of hydrogen-bond donors (Lipinski definition) is 1. The molecule has 104 valence electrons. The number of likely N-dealkylation sites (N-methyl/N-ethyl adjacent to an activating group) is 1. The predicted octanol–water partition coefficient (Wildman–Crippen LogP) is 1.97. The normalized spacial score (nSPS) is 18.4. The second kappa shape index (κ2) is 6.50. The number of methoxy groups -OCH3 is 1. The molecular formula is C13H17ClN2O2S. The number of carbonyl (C=O) groups is 1. The van der Waals surface area contributed by atoms with Crippen LogP contribution >= 0.6 is 23.4 Å². The zero-order chi connectivity index (χ0) is 13.8. The molecule has 6 heteroatoms. The van der Waals surface area contributed by atoms with Crippen LogP contribution in [0.4, 0.5) is 0 Å². The molecule has 1 N–H and O–H groups in total. The Labute approximate surface area is 122 Å². The van der Waals surface area contributed by atoms with Crippen molar-refractivity contribution in [1.82, 2.24) is 10.2 Å². The lowest BCUT2D eigenvalue weighted by molar-refractivity contribution is -0.131. The molecule has 1 saturated heterocycles. The van der Waals surface area contributed by atoms with Gasteiger partial charge in [-0.05, 0) is 18.2 Å². The van der Waals surface area contributed by atoms with E-state index in [0.29, 0.717) is 11.6 Å². The number of ether oxygens (including phenoxy) is 1. The van der Waals surface area contributed by atoms with Gasteiger partial charge in [0.1, 0.15) is 5.75 Å². The lowest BCUT2D eigenvalue weighted by atomic mass is 10.1. The molecule has 1 fully saturated rings. The van der Waals surface area contributed by atoms with E-state index in [9.17, 15) is 4.79 Å². The maximum Gasteiger partial charge on any atom is 0.240 e. The zero-order valence-corrected chi connectivity index (χ0v) is 12.6. The first kappa shape index (κ1) is 14.5. The fourth-order valence-electron chi connectivity index (χ4n) is 2.02. The SMILES string of the molecule is COc1ccc(Cl)cc1CN(C)C(=O)[C@H]1CSCN1. The summed E-state index contributed by atoms with van der Waals surface area (Å²) in [6.45, 7) is 0.491. The summed E-state index contributed by atoms with van der Waals surface area (Å²) in [5.74, 6) is 2.52. The molecular weight excluding hydrogens is 284 g/mol. The molecule has 0 radical (unpaired) electrons. The minimum Gasteiger partial charge on any atom is -0.496 e. The van der Waals surface area contributed by atoms with E-state index in [1.165, 1.54) is 0 Å². The van der Waals surface area contributed by atoms with Gasteiger partial charge in [0.2, 0.25) is 5.91 Å². The highest BCUT2D eigenvalue weighted by molar-refractivity contribution is 7.99. The molecule has 1 amide bonds. The third kappa shape index (κ3) is 3.55. The van der Waals surface area contributed by atoms with Crippen molar-refractivity contribution in [1.29, 1.82) is 0 Å². The van der Waals surface area contributed by atoms with E-state index < -0.39 is 0 Å². The molecule has 2 rings (SSSR count). The number of hydrogen-bond acceptors (Lipinski definition) is 4. The van der Waals surface area contributed by atoms with Crippen molar-refractivity contribution >= 4 is 29.3 Å². The highest BCUT2D eigenvalue weighted by atomic mass is 35.5. The Hall–Kier alpha value is -0.910. The second-order valence-corrected chi connectivity index (χ2v) is 5.89. The molecule has 4 nitrogen and oxygen atoms in total. The van der Waals surface area contributed by atoms with Gasteiger partial charge in [0.15, 0.2) is 0 Å². The highest BCUT2D eigenvalue weighted by Gasteiger charge is 2.25. The van der Waals surface area contributed by atoms with E-state index in [1.807, 2.05) is 12.1 Å². The summed E-state index contributed by atoms with van der Waals surface area (Å²) >= 11 is 7.73. The number of amides is 1. The van der Waals surface area contributed by atoms with E-state index in [-0.39, 0.29) is 11.9 Å². The van der Waals surface area contributed by atoms with Crippen LogP contribution in [0.1, 0.15) is 5.56 Å². The van der Waals surface area contributed by atoms with E-state index in [2.05, 4.69) is 5.32 Å². The molecule has 0 bridgehead atoms. The molecule has 0 aliphatic carbocycles. The molecule has 0 unspecified atom stereocenters. The van der Waals surface area contributed by atoms with Gasteiger partial charge in [-0.3, -0.25) is 10.1 Å². The quantitative estimate of drug-likeness (QED) is 0.923. The van der Waals surface area contributed by atoms with E-state index >= 15 is 0 Å². The Morgan fingerprint density at radius 3 is 3.05 bits per heavy atom. The summed E-state index contributed by atoms with van der Waals surface area (Å²) in [7, 11) is 3.41. The molecule has 19 heavy (non-hydrogen) atoms. The molecule has 1 aromatic rings. The summed E-state index contributed by atoms with van der Waals surface area (Å²) in [5, 5.41) is 3.82. The minimum absolute atomic E-state index is 0.0832. The third-order valence-corrected chi connectivity index (χ3v) is 4.22. The van der Waals surface area contributed by atoms with Gasteiger partial charge in [-0.25, -0.2) is 0 Å². The lowest BCUT2D eigenvalue weighted by Gasteiger charge is -2.22. The predicted molar refractivity (Wildman–Crippen MR) is 78.7 cm³/mol. The fourth-order valence-corrected chi connectivity index (χ4v) is 3.15. The summed E-state index contributed by atoms with van der Waals surface area (Å²) < 4.78 is 5.29. The van der Waals surface area contributed by atoms with Crippen molar-refractivity contribution in [3.05, 3.63) is 28.8 Å². The topological polar surface area (TPSA) is 41.6 Å². The Morgan fingerprint density at radius 2 is 2.42 bits per heavy atom. The molecule has 1 aromatic carbocycles. The smallest absolute Gasteiger partial charge is 0.240 e. The molecule has 0 saturated carbocycles. The second-order valence-electron chi connectivity index (χ2n) is 4.42. The number of rotatable bonds is 4. The van der Waals surface area contributed by atoms with Crippen LogP contribution in [0.5, 0.6) is 5.75 Å². The van der Waals surface area contributed by atoms with Crippen LogP contribution in [0.3, 0.4) is 0 Å².